The monoisotopic (exact) mass is 299 g/mol. The molecule has 1 aromatic rings. The van der Waals surface area contributed by atoms with E-state index < -0.39 is 10.0 Å². The van der Waals surface area contributed by atoms with Gasteiger partial charge in [-0.25, -0.2) is 8.42 Å². The van der Waals surface area contributed by atoms with E-state index in [0.717, 1.165) is 12.8 Å². The van der Waals surface area contributed by atoms with Crippen molar-refractivity contribution >= 4 is 10.0 Å². The Bertz CT molecular complexity index is 492. The highest BCUT2D eigenvalue weighted by molar-refractivity contribution is 7.89. The second-order valence-corrected chi connectivity index (χ2v) is 6.88. The molecule has 0 heterocycles. The zero-order chi connectivity index (χ0) is 15.2. The summed E-state index contributed by atoms with van der Waals surface area (Å²) < 4.78 is 26.7. The van der Waals surface area contributed by atoms with Crippen LogP contribution in [0.5, 0.6) is 0 Å². The van der Waals surface area contributed by atoms with Gasteiger partial charge in [-0.05, 0) is 23.6 Å². The number of hydrogen-bond acceptors (Lipinski definition) is 3. The summed E-state index contributed by atoms with van der Waals surface area (Å²) in [6.45, 7) is 7.00. The maximum absolute atomic E-state index is 12.6. The molecule has 0 atom stereocenters. The molecule has 0 fully saturated rings. The van der Waals surface area contributed by atoms with Crippen molar-refractivity contribution in [3.63, 3.8) is 0 Å². The summed E-state index contributed by atoms with van der Waals surface area (Å²) in [4.78, 5) is 0.294. The molecule has 1 aromatic carbocycles. The lowest BCUT2D eigenvalue weighted by atomic mass is 10.0. The summed E-state index contributed by atoms with van der Waals surface area (Å²) >= 11 is 0. The number of sulfonamides is 1. The Morgan fingerprint density at radius 2 is 1.65 bits per heavy atom. The number of benzene rings is 1. The summed E-state index contributed by atoms with van der Waals surface area (Å²) in [5, 5.41) is 9.01. The first-order valence-electron chi connectivity index (χ1n) is 7.19. The average molecular weight is 299 g/mol. The molecule has 0 aromatic heterocycles. The van der Waals surface area contributed by atoms with Gasteiger partial charge in [0.05, 0.1) is 11.5 Å². The topological polar surface area (TPSA) is 57.6 Å². The lowest BCUT2D eigenvalue weighted by Crippen LogP contribution is -2.35. The minimum Gasteiger partial charge on any atom is -0.392 e. The Balaban J connectivity index is 2.98. The number of rotatable bonds is 8. The van der Waals surface area contributed by atoms with Gasteiger partial charge in [0.25, 0.3) is 0 Å². The van der Waals surface area contributed by atoms with Crippen molar-refractivity contribution in [2.45, 2.75) is 45.1 Å². The molecule has 4 nitrogen and oxygen atoms in total. The molecule has 1 N–H and O–H groups in total. The summed E-state index contributed by atoms with van der Waals surface area (Å²) in [6.07, 6.45) is 1.96. The van der Waals surface area contributed by atoms with E-state index in [0.29, 0.717) is 29.5 Å². The van der Waals surface area contributed by atoms with Crippen LogP contribution in [0.2, 0.25) is 0 Å². The van der Waals surface area contributed by atoms with E-state index in [-0.39, 0.29) is 6.61 Å². The Kier molecular flexibility index (Phi) is 6.65. The van der Waals surface area contributed by atoms with Crippen LogP contribution in [-0.2, 0) is 16.6 Å². The molecular weight excluding hydrogens is 274 g/mol. The van der Waals surface area contributed by atoms with Crippen molar-refractivity contribution < 1.29 is 13.5 Å². The average Bonchev–Trinajstić information content (AvgIpc) is 2.48. The van der Waals surface area contributed by atoms with E-state index in [2.05, 4.69) is 13.8 Å². The fourth-order valence-electron chi connectivity index (χ4n) is 2.15. The van der Waals surface area contributed by atoms with Gasteiger partial charge < -0.3 is 5.11 Å². The molecule has 0 amide bonds. The van der Waals surface area contributed by atoms with Crippen molar-refractivity contribution in [3.05, 3.63) is 29.8 Å². The Morgan fingerprint density at radius 1 is 1.10 bits per heavy atom. The van der Waals surface area contributed by atoms with Gasteiger partial charge in [-0.3, -0.25) is 0 Å². The highest BCUT2D eigenvalue weighted by atomic mass is 32.2. The smallest absolute Gasteiger partial charge is 0.243 e. The summed E-state index contributed by atoms with van der Waals surface area (Å²) in [7, 11) is -3.44. The van der Waals surface area contributed by atoms with Crippen LogP contribution in [-0.4, -0.2) is 30.9 Å². The highest BCUT2D eigenvalue weighted by Gasteiger charge is 2.24. The first kappa shape index (κ1) is 17.1. The van der Waals surface area contributed by atoms with E-state index in [9.17, 15) is 8.42 Å². The summed E-state index contributed by atoms with van der Waals surface area (Å²) in [6, 6.07) is 6.43. The quantitative estimate of drug-likeness (QED) is 0.803. The summed E-state index contributed by atoms with van der Waals surface area (Å²) in [5.74, 6) is 0.390. The normalized spacial score (nSPS) is 12.3. The van der Waals surface area contributed by atoms with Crippen LogP contribution in [0, 0.1) is 5.92 Å². The Morgan fingerprint density at radius 3 is 2.05 bits per heavy atom. The van der Waals surface area contributed by atoms with Crippen LogP contribution in [0.15, 0.2) is 29.2 Å². The van der Waals surface area contributed by atoms with Crippen molar-refractivity contribution in [2.24, 2.45) is 5.92 Å². The van der Waals surface area contributed by atoms with E-state index in [1.807, 2.05) is 6.92 Å². The fraction of sp³-hybridized carbons (Fsp3) is 0.600. The molecule has 114 valence electrons. The standard InChI is InChI=1S/C15H25NO3S/c1-4-13(5-2)11-16(6-3)20(18,19)15-9-7-14(12-17)8-10-15/h7-10,13,17H,4-6,11-12H2,1-3H3. The van der Waals surface area contributed by atoms with Crippen molar-refractivity contribution in [2.75, 3.05) is 13.1 Å². The van der Waals surface area contributed by atoms with E-state index >= 15 is 0 Å². The third-order valence-electron chi connectivity index (χ3n) is 3.71. The van der Waals surface area contributed by atoms with Crippen molar-refractivity contribution in [1.82, 2.24) is 4.31 Å². The van der Waals surface area contributed by atoms with Crippen LogP contribution in [0.25, 0.3) is 0 Å². The molecule has 0 aliphatic rings. The first-order valence-corrected chi connectivity index (χ1v) is 8.63. The zero-order valence-corrected chi connectivity index (χ0v) is 13.4. The van der Waals surface area contributed by atoms with Gasteiger partial charge in [0, 0.05) is 13.1 Å². The third-order valence-corrected chi connectivity index (χ3v) is 5.67. The Hall–Kier alpha value is -0.910. The van der Waals surface area contributed by atoms with Crippen molar-refractivity contribution in [3.8, 4) is 0 Å². The van der Waals surface area contributed by atoms with Crippen LogP contribution in [0.4, 0.5) is 0 Å². The molecule has 5 heteroatoms. The van der Waals surface area contributed by atoms with Crippen LogP contribution < -0.4 is 0 Å². The van der Waals surface area contributed by atoms with Crippen molar-refractivity contribution in [1.29, 1.82) is 0 Å². The van der Waals surface area contributed by atoms with E-state index in [4.69, 9.17) is 5.11 Å². The minimum absolute atomic E-state index is 0.0778. The zero-order valence-electron chi connectivity index (χ0n) is 12.5. The molecule has 1 rings (SSSR count). The maximum Gasteiger partial charge on any atom is 0.243 e. The van der Waals surface area contributed by atoms with Gasteiger partial charge >= 0.3 is 0 Å². The molecule has 0 saturated carbocycles. The second-order valence-electron chi connectivity index (χ2n) is 4.94. The van der Waals surface area contributed by atoms with Gasteiger partial charge in [0.15, 0.2) is 0 Å². The Labute approximate surface area is 122 Å². The number of aliphatic hydroxyl groups is 1. The van der Waals surface area contributed by atoms with Gasteiger partial charge in [-0.2, -0.15) is 4.31 Å². The predicted molar refractivity (Wildman–Crippen MR) is 80.9 cm³/mol. The largest absolute Gasteiger partial charge is 0.392 e. The third kappa shape index (κ3) is 4.04. The molecule has 0 saturated heterocycles. The van der Waals surface area contributed by atoms with E-state index in [1.165, 1.54) is 0 Å². The first-order chi connectivity index (χ1) is 9.49. The fourth-order valence-corrected chi connectivity index (χ4v) is 3.67. The van der Waals surface area contributed by atoms with Gasteiger partial charge in [-0.1, -0.05) is 45.7 Å². The second kappa shape index (κ2) is 7.76. The molecular formula is C15H25NO3S. The number of hydrogen-bond donors (Lipinski definition) is 1. The highest BCUT2D eigenvalue weighted by Crippen LogP contribution is 2.19. The molecule has 0 unspecified atom stereocenters. The molecule has 0 aliphatic carbocycles. The summed E-state index contributed by atoms with van der Waals surface area (Å²) in [5.41, 5.74) is 0.715. The maximum atomic E-state index is 12.6. The van der Waals surface area contributed by atoms with Gasteiger partial charge in [-0.15, -0.1) is 0 Å². The number of nitrogens with zero attached hydrogens (tertiary/aromatic N) is 1. The van der Waals surface area contributed by atoms with Crippen LogP contribution in [0.1, 0.15) is 39.2 Å². The molecule has 0 spiro atoms. The molecule has 0 bridgehead atoms. The number of aliphatic hydroxyl groups excluding tert-OH is 1. The molecule has 20 heavy (non-hydrogen) atoms. The SMILES string of the molecule is CCC(CC)CN(CC)S(=O)(=O)c1ccc(CO)cc1. The van der Waals surface area contributed by atoms with Gasteiger partial charge in [0.1, 0.15) is 0 Å². The van der Waals surface area contributed by atoms with Gasteiger partial charge in [0.2, 0.25) is 10.0 Å². The lowest BCUT2D eigenvalue weighted by Gasteiger charge is -2.24. The molecule has 0 aliphatic heterocycles. The minimum atomic E-state index is -3.44. The van der Waals surface area contributed by atoms with Crippen LogP contribution >= 0.6 is 0 Å². The van der Waals surface area contributed by atoms with E-state index in [1.54, 1.807) is 28.6 Å². The molecule has 0 radical (unpaired) electrons. The lowest BCUT2D eigenvalue weighted by molar-refractivity contribution is 0.281. The van der Waals surface area contributed by atoms with Crippen LogP contribution in [0.3, 0.4) is 0 Å². The predicted octanol–water partition coefficient (Wildman–Crippen LogP) is 2.63.